The van der Waals surface area contributed by atoms with Gasteiger partial charge in [0.05, 0.1) is 18.4 Å². The maximum atomic E-state index is 13.0. The predicted molar refractivity (Wildman–Crippen MR) is 112 cm³/mol. The van der Waals surface area contributed by atoms with Gasteiger partial charge in [-0.1, -0.05) is 24.3 Å². The molecule has 0 spiro atoms. The van der Waals surface area contributed by atoms with Crippen molar-refractivity contribution in [3.05, 3.63) is 89.2 Å². The molecule has 0 bridgehead atoms. The molecule has 0 atom stereocenters. The molecule has 0 aromatic heterocycles. The van der Waals surface area contributed by atoms with Gasteiger partial charge < -0.3 is 14.6 Å². The summed E-state index contributed by atoms with van der Waals surface area (Å²) in [4.78, 5) is 12.5. The number of hydrogen-bond donors (Lipinski definition) is 2. The van der Waals surface area contributed by atoms with E-state index in [1.165, 1.54) is 24.4 Å². The Morgan fingerprint density at radius 3 is 2.60 bits per heavy atom. The van der Waals surface area contributed by atoms with Crippen LogP contribution in [0.1, 0.15) is 28.4 Å². The van der Waals surface area contributed by atoms with Gasteiger partial charge in [0.2, 0.25) is 0 Å². The summed E-state index contributed by atoms with van der Waals surface area (Å²) in [5, 5.41) is 13.7. The van der Waals surface area contributed by atoms with E-state index in [9.17, 15) is 14.3 Å². The van der Waals surface area contributed by atoms with Crippen molar-refractivity contribution < 1.29 is 23.8 Å². The van der Waals surface area contributed by atoms with Crippen molar-refractivity contribution in [1.82, 2.24) is 5.43 Å². The van der Waals surface area contributed by atoms with E-state index in [4.69, 9.17) is 9.47 Å². The van der Waals surface area contributed by atoms with Crippen molar-refractivity contribution in [2.75, 3.05) is 6.61 Å². The largest absolute Gasteiger partial charge is 0.504 e. The minimum atomic E-state index is -0.440. The van der Waals surface area contributed by atoms with Crippen LogP contribution in [-0.2, 0) is 6.61 Å². The van der Waals surface area contributed by atoms with Gasteiger partial charge in [-0.2, -0.15) is 5.10 Å². The Hall–Kier alpha value is -3.87. The molecule has 3 rings (SSSR count). The second-order valence-corrected chi connectivity index (χ2v) is 6.27. The maximum absolute atomic E-state index is 13.0. The number of nitrogens with zero attached hydrogens (tertiary/aromatic N) is 1. The lowest BCUT2D eigenvalue weighted by atomic mass is 10.2. The summed E-state index contributed by atoms with van der Waals surface area (Å²) < 4.78 is 24.1. The molecule has 0 saturated carbocycles. The lowest BCUT2D eigenvalue weighted by molar-refractivity contribution is 0.0950. The standard InChI is InChI=1S/C23H21FN2O4/c1-2-29-22-13-17(9-12-20(22)27)14-25-26-23(28)19-5-3-4-6-21(19)30-15-16-7-10-18(24)11-8-16/h3-14,27H,2,15H2,1H3,(H,26,28). The van der Waals surface area contributed by atoms with Crippen LogP contribution in [-0.4, -0.2) is 23.8 Å². The lowest BCUT2D eigenvalue weighted by Gasteiger charge is -2.10. The van der Waals surface area contributed by atoms with E-state index in [1.54, 1.807) is 48.5 Å². The highest BCUT2D eigenvalue weighted by molar-refractivity contribution is 5.97. The molecule has 2 N–H and O–H groups in total. The average molecular weight is 408 g/mol. The summed E-state index contributed by atoms with van der Waals surface area (Å²) >= 11 is 0. The van der Waals surface area contributed by atoms with Crippen molar-refractivity contribution >= 4 is 12.1 Å². The number of nitrogens with one attached hydrogen (secondary N) is 1. The first kappa shape index (κ1) is 20.9. The number of aromatic hydroxyl groups is 1. The van der Waals surface area contributed by atoms with E-state index < -0.39 is 5.91 Å². The van der Waals surface area contributed by atoms with Gasteiger partial charge in [0.15, 0.2) is 11.5 Å². The number of benzene rings is 3. The van der Waals surface area contributed by atoms with Crippen LogP contribution in [0.5, 0.6) is 17.2 Å². The van der Waals surface area contributed by atoms with Crippen LogP contribution in [0, 0.1) is 5.82 Å². The molecule has 0 saturated heterocycles. The predicted octanol–water partition coefficient (Wildman–Crippen LogP) is 4.27. The summed E-state index contributed by atoms with van der Waals surface area (Å²) in [6.07, 6.45) is 1.45. The molecule has 0 unspecified atom stereocenters. The zero-order valence-electron chi connectivity index (χ0n) is 16.3. The summed E-state index contributed by atoms with van der Waals surface area (Å²) in [5.74, 6) is -0.00136. The van der Waals surface area contributed by atoms with Crippen molar-refractivity contribution in [1.29, 1.82) is 0 Å². The Bertz CT molecular complexity index is 1040. The SMILES string of the molecule is CCOc1cc(C=NNC(=O)c2ccccc2OCc2ccc(F)cc2)ccc1O. The number of hydrazone groups is 1. The number of phenols is 1. The molecule has 0 aliphatic carbocycles. The molecule has 0 radical (unpaired) electrons. The highest BCUT2D eigenvalue weighted by Crippen LogP contribution is 2.26. The van der Waals surface area contributed by atoms with E-state index in [2.05, 4.69) is 10.5 Å². The van der Waals surface area contributed by atoms with Gasteiger partial charge in [0, 0.05) is 0 Å². The summed E-state index contributed by atoms with van der Waals surface area (Å²) in [5.41, 5.74) is 4.20. The molecule has 7 heteroatoms. The highest BCUT2D eigenvalue weighted by Gasteiger charge is 2.11. The molecule has 1 amide bonds. The van der Waals surface area contributed by atoms with Gasteiger partial charge >= 0.3 is 0 Å². The number of phenolic OH excluding ortho intramolecular Hbond substituents is 1. The molecule has 154 valence electrons. The number of carbonyl (C=O) groups is 1. The lowest BCUT2D eigenvalue weighted by Crippen LogP contribution is -2.18. The highest BCUT2D eigenvalue weighted by atomic mass is 19.1. The molecule has 0 aliphatic heterocycles. The smallest absolute Gasteiger partial charge is 0.275 e. The van der Waals surface area contributed by atoms with Crippen LogP contribution < -0.4 is 14.9 Å². The van der Waals surface area contributed by atoms with Gasteiger partial charge in [-0.25, -0.2) is 9.82 Å². The number of carbonyl (C=O) groups excluding carboxylic acids is 1. The third-order valence-corrected chi connectivity index (χ3v) is 4.10. The molecule has 3 aromatic carbocycles. The molecule has 0 fully saturated rings. The zero-order valence-corrected chi connectivity index (χ0v) is 16.3. The van der Waals surface area contributed by atoms with Crippen molar-refractivity contribution in [3.63, 3.8) is 0 Å². The first-order valence-corrected chi connectivity index (χ1v) is 9.32. The maximum Gasteiger partial charge on any atom is 0.275 e. The third-order valence-electron chi connectivity index (χ3n) is 4.10. The average Bonchev–Trinajstić information content (AvgIpc) is 2.76. The van der Waals surface area contributed by atoms with Gasteiger partial charge in [-0.15, -0.1) is 0 Å². The van der Waals surface area contributed by atoms with Crippen LogP contribution in [0.4, 0.5) is 4.39 Å². The molecule has 0 aliphatic rings. The third kappa shape index (κ3) is 5.57. The Balaban J connectivity index is 1.65. The van der Waals surface area contributed by atoms with Crippen molar-refractivity contribution in [3.8, 4) is 17.2 Å². The molecule has 3 aromatic rings. The van der Waals surface area contributed by atoms with Gasteiger partial charge in [0.1, 0.15) is 18.2 Å². The first-order chi connectivity index (χ1) is 14.6. The van der Waals surface area contributed by atoms with Crippen LogP contribution >= 0.6 is 0 Å². The fraction of sp³-hybridized carbons (Fsp3) is 0.130. The Morgan fingerprint density at radius 1 is 1.07 bits per heavy atom. The molecule has 6 nitrogen and oxygen atoms in total. The number of rotatable bonds is 8. The Morgan fingerprint density at radius 2 is 1.83 bits per heavy atom. The van der Waals surface area contributed by atoms with E-state index >= 15 is 0 Å². The fourth-order valence-electron chi connectivity index (χ4n) is 2.63. The number of para-hydroxylation sites is 1. The minimum Gasteiger partial charge on any atom is -0.504 e. The van der Waals surface area contributed by atoms with Crippen molar-refractivity contribution in [2.24, 2.45) is 5.10 Å². The monoisotopic (exact) mass is 408 g/mol. The second kappa shape index (κ2) is 10.1. The fourth-order valence-corrected chi connectivity index (χ4v) is 2.63. The molecule has 30 heavy (non-hydrogen) atoms. The number of hydrogen-bond acceptors (Lipinski definition) is 5. The molecular formula is C23H21FN2O4. The minimum absolute atomic E-state index is 0.0327. The Kier molecular flexibility index (Phi) is 7.00. The van der Waals surface area contributed by atoms with Gasteiger partial charge in [-0.05, 0) is 60.5 Å². The number of ether oxygens (including phenoxy) is 2. The van der Waals surface area contributed by atoms with Crippen LogP contribution in [0.3, 0.4) is 0 Å². The normalized spacial score (nSPS) is 10.7. The first-order valence-electron chi connectivity index (χ1n) is 9.32. The topological polar surface area (TPSA) is 80.2 Å². The van der Waals surface area contributed by atoms with E-state index in [0.717, 1.165) is 5.56 Å². The second-order valence-electron chi connectivity index (χ2n) is 6.27. The number of amides is 1. The number of halogens is 1. The van der Waals surface area contributed by atoms with Crippen LogP contribution in [0.2, 0.25) is 0 Å². The van der Waals surface area contributed by atoms with Gasteiger partial charge in [-0.3, -0.25) is 4.79 Å². The summed E-state index contributed by atoms with van der Waals surface area (Å²) in [7, 11) is 0. The van der Waals surface area contributed by atoms with Gasteiger partial charge in [0.25, 0.3) is 5.91 Å². The van der Waals surface area contributed by atoms with E-state index in [-0.39, 0.29) is 18.2 Å². The van der Waals surface area contributed by atoms with E-state index in [1.807, 2.05) is 6.92 Å². The quantitative estimate of drug-likeness (QED) is 0.431. The summed E-state index contributed by atoms with van der Waals surface area (Å²) in [6, 6.07) is 17.5. The van der Waals surface area contributed by atoms with Crippen LogP contribution in [0.15, 0.2) is 71.8 Å². The summed E-state index contributed by atoms with van der Waals surface area (Å²) in [6.45, 7) is 2.43. The van der Waals surface area contributed by atoms with E-state index in [0.29, 0.717) is 29.2 Å². The van der Waals surface area contributed by atoms with Crippen molar-refractivity contribution in [2.45, 2.75) is 13.5 Å². The Labute approximate surface area is 173 Å². The van der Waals surface area contributed by atoms with Crippen LogP contribution in [0.25, 0.3) is 0 Å². The zero-order chi connectivity index (χ0) is 21.3. The molecular weight excluding hydrogens is 387 g/mol. The molecule has 0 heterocycles.